The molecule has 0 aromatic rings. The first kappa shape index (κ1) is 11.2. The molecule has 0 aliphatic rings. The Morgan fingerprint density at radius 1 is 1.40 bits per heavy atom. The largest absolute Gasteiger partial charge is 0.476 e. The first-order valence-electron chi connectivity index (χ1n) is 2.21. The molecule has 0 aliphatic heterocycles. The molecule has 0 saturated heterocycles. The second-order valence-corrected chi connectivity index (χ2v) is 1.32. The highest BCUT2D eigenvalue weighted by Gasteiger charge is 1.98. The second-order valence-electron chi connectivity index (χ2n) is 1.32. The van der Waals surface area contributed by atoms with Gasteiger partial charge in [0.15, 0.2) is 5.96 Å². The molecule has 6 N–H and O–H groups in total. The first-order valence-corrected chi connectivity index (χ1v) is 2.21. The quantitative estimate of drug-likeness (QED) is 0.203. The van der Waals surface area contributed by atoms with Crippen molar-refractivity contribution in [3.05, 3.63) is 0 Å². The third-order valence-corrected chi connectivity index (χ3v) is 0.301. The summed E-state index contributed by atoms with van der Waals surface area (Å²) in [6.07, 6.45) is 0. The van der Waals surface area contributed by atoms with Crippen molar-refractivity contribution in [2.75, 3.05) is 0 Å². The summed E-state index contributed by atoms with van der Waals surface area (Å²) >= 11 is 0. The van der Waals surface area contributed by atoms with Crippen molar-refractivity contribution in [2.24, 2.45) is 11.5 Å². The molecule has 6 heteroatoms. The van der Waals surface area contributed by atoms with E-state index in [1.807, 2.05) is 0 Å². The lowest BCUT2D eigenvalue weighted by atomic mass is 10.5. The molecule has 0 aliphatic carbocycles. The number of guanidine groups is 1. The summed E-state index contributed by atoms with van der Waals surface area (Å²) in [7, 11) is 0. The average Bonchev–Trinajstić information content (AvgIpc) is 1.63. The molecule has 0 fully saturated rings. The van der Waals surface area contributed by atoms with Crippen molar-refractivity contribution in [1.29, 1.82) is 5.41 Å². The molecule has 58 valence electrons. The van der Waals surface area contributed by atoms with Gasteiger partial charge in [-0.1, -0.05) is 0 Å². The van der Waals surface area contributed by atoms with E-state index < -0.39 is 11.8 Å². The Morgan fingerprint density at radius 3 is 1.50 bits per heavy atom. The number of hydrogen-bond acceptors (Lipinski definition) is 3. The van der Waals surface area contributed by atoms with Gasteiger partial charge in [-0.25, -0.2) is 4.79 Å². The van der Waals surface area contributed by atoms with Gasteiger partial charge in [-0.05, 0) is 0 Å². The summed E-state index contributed by atoms with van der Waals surface area (Å²) in [5.74, 6) is -2.54. The minimum absolute atomic E-state index is 0.333. The average molecular weight is 147 g/mol. The summed E-state index contributed by atoms with van der Waals surface area (Å²) in [4.78, 5) is 18.9. The van der Waals surface area contributed by atoms with Crippen molar-refractivity contribution >= 4 is 17.7 Å². The monoisotopic (exact) mass is 147 g/mol. The van der Waals surface area contributed by atoms with Gasteiger partial charge in [-0.3, -0.25) is 10.2 Å². The number of carbonyl (C=O) groups excluding carboxylic acids is 1. The van der Waals surface area contributed by atoms with Gasteiger partial charge in [-0.2, -0.15) is 0 Å². The normalized spacial score (nSPS) is 6.90. The summed E-state index contributed by atoms with van der Waals surface area (Å²) in [6.45, 7) is 1.00. The molecule has 6 nitrogen and oxygen atoms in total. The lowest BCUT2D eigenvalue weighted by molar-refractivity contribution is -0.148. The summed E-state index contributed by atoms with van der Waals surface area (Å²) in [5.41, 5.74) is 8.94. The smallest absolute Gasteiger partial charge is 0.371 e. The van der Waals surface area contributed by atoms with Crippen molar-refractivity contribution in [3.8, 4) is 0 Å². The minimum atomic E-state index is -1.38. The first-order chi connectivity index (χ1) is 4.37. The Kier molecular flexibility index (Phi) is 6.23. The maximum absolute atomic E-state index is 9.54. The van der Waals surface area contributed by atoms with Gasteiger partial charge < -0.3 is 16.6 Å². The van der Waals surface area contributed by atoms with Gasteiger partial charge in [0.25, 0.3) is 0 Å². The lowest BCUT2D eigenvalue weighted by Crippen LogP contribution is -2.20. The molecule has 0 atom stereocenters. The van der Waals surface area contributed by atoms with E-state index in [0.717, 1.165) is 6.92 Å². The van der Waals surface area contributed by atoms with Gasteiger partial charge >= 0.3 is 5.97 Å². The van der Waals surface area contributed by atoms with E-state index in [4.69, 9.17) is 10.5 Å². The van der Waals surface area contributed by atoms with E-state index in [-0.39, 0.29) is 5.96 Å². The number of carbonyl (C=O) groups is 2. The molecule has 0 aromatic heterocycles. The van der Waals surface area contributed by atoms with Crippen molar-refractivity contribution in [1.82, 2.24) is 0 Å². The van der Waals surface area contributed by atoms with Crippen LogP contribution >= 0.6 is 0 Å². The highest BCUT2D eigenvalue weighted by Crippen LogP contribution is 1.61. The molecule has 0 spiro atoms. The maximum atomic E-state index is 9.54. The Labute approximate surface area is 57.3 Å². The van der Waals surface area contributed by atoms with Crippen LogP contribution in [0, 0.1) is 5.41 Å². The topological polar surface area (TPSA) is 130 Å². The fraction of sp³-hybridized carbons (Fsp3) is 0.250. The number of rotatable bonds is 1. The van der Waals surface area contributed by atoms with Gasteiger partial charge in [0, 0.05) is 6.92 Å². The van der Waals surface area contributed by atoms with E-state index in [0.29, 0.717) is 0 Å². The number of hydrogen-bond donors (Lipinski definition) is 4. The Morgan fingerprint density at radius 2 is 1.50 bits per heavy atom. The molecule has 0 unspecified atom stereocenters. The molecule has 10 heavy (non-hydrogen) atoms. The number of nitrogens with one attached hydrogen (secondary N) is 1. The predicted octanol–water partition coefficient (Wildman–Crippen LogP) is -1.50. The zero-order valence-corrected chi connectivity index (χ0v) is 5.42. The van der Waals surface area contributed by atoms with E-state index in [9.17, 15) is 9.59 Å². The van der Waals surface area contributed by atoms with E-state index in [2.05, 4.69) is 11.5 Å². The summed E-state index contributed by atoms with van der Waals surface area (Å²) in [6, 6.07) is 0. The number of carboxylic acids is 1. The molecule has 0 aromatic carbocycles. The molecule has 0 amide bonds. The van der Waals surface area contributed by atoms with Crippen LogP contribution in [0.15, 0.2) is 0 Å². The molecule has 0 bridgehead atoms. The molecular weight excluding hydrogens is 138 g/mol. The third kappa shape index (κ3) is 32.3. The number of ketones is 1. The van der Waals surface area contributed by atoms with E-state index in [1.165, 1.54) is 0 Å². The zero-order chi connectivity index (χ0) is 8.73. The number of nitrogens with two attached hydrogens (primary N) is 2. The van der Waals surface area contributed by atoms with Crippen molar-refractivity contribution < 1.29 is 14.7 Å². The third-order valence-electron chi connectivity index (χ3n) is 0.301. The van der Waals surface area contributed by atoms with E-state index >= 15 is 0 Å². The van der Waals surface area contributed by atoms with Crippen LogP contribution in [0.5, 0.6) is 0 Å². The molecule has 0 rings (SSSR count). The molecule has 0 saturated carbocycles. The second kappa shape index (κ2) is 5.54. The SMILES string of the molecule is CC(=O)C(=O)O.N=C(N)N. The van der Waals surface area contributed by atoms with Crippen LogP contribution in [0.3, 0.4) is 0 Å². The van der Waals surface area contributed by atoms with Crippen LogP contribution in [0.1, 0.15) is 6.92 Å². The predicted molar refractivity (Wildman–Crippen MR) is 34.4 cm³/mol. The Hall–Kier alpha value is -1.59. The summed E-state index contributed by atoms with van der Waals surface area (Å²) in [5, 5.41) is 13.7. The number of aliphatic carboxylic acids is 1. The van der Waals surface area contributed by atoms with Crippen LogP contribution in [-0.2, 0) is 9.59 Å². The standard InChI is InChI=1S/C3H4O3.CH5N3/c1-2(4)3(5)6;2-1(3)4/h1H3,(H,5,6);(H5,2,3,4). The number of carboxylic acid groups (broad SMARTS) is 1. The van der Waals surface area contributed by atoms with Gasteiger partial charge in [-0.15, -0.1) is 0 Å². The maximum Gasteiger partial charge on any atom is 0.371 e. The van der Waals surface area contributed by atoms with Crippen LogP contribution in [0.2, 0.25) is 0 Å². The summed E-state index contributed by atoms with van der Waals surface area (Å²) < 4.78 is 0. The Bertz CT molecular complexity index is 138. The van der Waals surface area contributed by atoms with Crippen molar-refractivity contribution in [3.63, 3.8) is 0 Å². The fourth-order valence-corrected chi connectivity index (χ4v) is 0. The Balaban J connectivity index is 0. The highest BCUT2D eigenvalue weighted by molar-refractivity contribution is 6.31. The van der Waals surface area contributed by atoms with Crippen LogP contribution in [-0.4, -0.2) is 22.8 Å². The van der Waals surface area contributed by atoms with E-state index in [1.54, 1.807) is 0 Å². The zero-order valence-electron chi connectivity index (χ0n) is 5.42. The lowest BCUT2D eigenvalue weighted by Gasteiger charge is -1.73. The van der Waals surface area contributed by atoms with Gasteiger partial charge in [0.05, 0.1) is 0 Å². The molecule has 0 radical (unpaired) electrons. The van der Waals surface area contributed by atoms with Gasteiger partial charge in [0.2, 0.25) is 5.78 Å². The van der Waals surface area contributed by atoms with Gasteiger partial charge in [0.1, 0.15) is 0 Å². The molecular formula is C4H9N3O3. The van der Waals surface area contributed by atoms with Crippen LogP contribution in [0.4, 0.5) is 0 Å². The number of Topliss-reactive ketones (excluding diaryl/α,β-unsaturated/α-hetero) is 1. The van der Waals surface area contributed by atoms with Crippen LogP contribution in [0.25, 0.3) is 0 Å². The minimum Gasteiger partial charge on any atom is -0.476 e. The fourth-order valence-electron chi connectivity index (χ4n) is 0. The van der Waals surface area contributed by atoms with Crippen LogP contribution < -0.4 is 11.5 Å². The van der Waals surface area contributed by atoms with Crippen molar-refractivity contribution in [2.45, 2.75) is 6.92 Å². The highest BCUT2D eigenvalue weighted by atomic mass is 16.4. The molecule has 0 heterocycles.